The predicted molar refractivity (Wildman–Crippen MR) is 152 cm³/mol. The molecule has 0 saturated heterocycles. The van der Waals surface area contributed by atoms with Gasteiger partial charge in [-0.2, -0.15) is 5.10 Å². The molecule has 202 valence electrons. The molecule has 0 aliphatic carbocycles. The van der Waals surface area contributed by atoms with Crippen LogP contribution >= 0.6 is 15.9 Å². The highest BCUT2D eigenvalue weighted by molar-refractivity contribution is 9.10. The Balaban J connectivity index is 1.55. The first kappa shape index (κ1) is 28.9. The van der Waals surface area contributed by atoms with Crippen LogP contribution in [0.25, 0.3) is 0 Å². The molecule has 0 aliphatic heterocycles. The number of nitrogens with zero attached hydrogens (tertiary/aromatic N) is 1. The molecule has 0 radical (unpaired) electrons. The van der Waals surface area contributed by atoms with Crippen molar-refractivity contribution < 1.29 is 28.6 Å². The molecule has 0 bridgehead atoms. The highest BCUT2D eigenvalue weighted by Crippen LogP contribution is 2.36. The van der Waals surface area contributed by atoms with Gasteiger partial charge in [0.1, 0.15) is 12.4 Å². The molecule has 0 heterocycles. The Morgan fingerprint density at radius 1 is 1.00 bits per heavy atom. The van der Waals surface area contributed by atoms with E-state index in [9.17, 15) is 14.4 Å². The van der Waals surface area contributed by atoms with Gasteiger partial charge in [0.15, 0.2) is 18.1 Å². The van der Waals surface area contributed by atoms with Crippen molar-refractivity contribution in [1.29, 1.82) is 0 Å². The van der Waals surface area contributed by atoms with Crippen LogP contribution in [0.1, 0.15) is 11.1 Å². The lowest BCUT2D eigenvalue weighted by Gasteiger charge is -2.14. The Labute approximate surface area is 234 Å². The second kappa shape index (κ2) is 14.3. The summed E-state index contributed by atoms with van der Waals surface area (Å²) in [6.45, 7) is 5.58. The van der Waals surface area contributed by atoms with E-state index in [0.29, 0.717) is 45.3 Å². The van der Waals surface area contributed by atoms with E-state index in [1.54, 1.807) is 48.5 Å². The molecule has 0 aromatic heterocycles. The number of amides is 3. The van der Waals surface area contributed by atoms with Crippen molar-refractivity contribution in [2.45, 2.75) is 6.92 Å². The van der Waals surface area contributed by atoms with E-state index < -0.39 is 11.8 Å². The van der Waals surface area contributed by atoms with Gasteiger partial charge in [0.2, 0.25) is 0 Å². The second-order valence-corrected chi connectivity index (χ2v) is 8.82. The number of anilines is 2. The van der Waals surface area contributed by atoms with E-state index in [1.807, 2.05) is 25.1 Å². The molecular formula is C28H27BrN4O6. The Hall–Kier alpha value is -4.64. The van der Waals surface area contributed by atoms with Gasteiger partial charge in [0.05, 0.1) is 17.8 Å². The Bertz CT molecular complexity index is 1370. The van der Waals surface area contributed by atoms with Crippen molar-refractivity contribution in [3.05, 3.63) is 88.9 Å². The number of benzene rings is 3. The van der Waals surface area contributed by atoms with Gasteiger partial charge in [-0.25, -0.2) is 5.43 Å². The maximum absolute atomic E-state index is 12.3. The average Bonchev–Trinajstić information content (AvgIpc) is 2.93. The van der Waals surface area contributed by atoms with E-state index in [2.05, 4.69) is 43.7 Å². The zero-order valence-electron chi connectivity index (χ0n) is 21.3. The lowest BCUT2D eigenvalue weighted by molar-refractivity contribution is -0.136. The summed E-state index contributed by atoms with van der Waals surface area (Å²) in [5.74, 6) is -0.923. The van der Waals surface area contributed by atoms with Crippen LogP contribution in [0.2, 0.25) is 0 Å². The van der Waals surface area contributed by atoms with Gasteiger partial charge in [-0.1, -0.05) is 30.9 Å². The molecule has 3 amide bonds. The standard InChI is InChI=1S/C28H27BrN4O6/c1-4-13-38-21-11-9-20(10-12-21)31-27(35)28(36)33-30-16-19-14-22(29)26(24(15-19)37-3)39-17-25(34)32-23-8-6-5-7-18(23)2/h4-12,14-16H,1,13,17H2,2-3H3,(H,31,35)(H,32,34)(H,33,36)/b30-16-. The fraction of sp³-hybridized carbons (Fsp3) is 0.143. The third kappa shape index (κ3) is 8.71. The van der Waals surface area contributed by atoms with Gasteiger partial charge >= 0.3 is 11.8 Å². The minimum atomic E-state index is -0.955. The van der Waals surface area contributed by atoms with Crippen molar-refractivity contribution in [2.75, 3.05) is 31.0 Å². The summed E-state index contributed by atoms with van der Waals surface area (Å²) >= 11 is 3.40. The third-order valence-electron chi connectivity index (χ3n) is 5.08. The van der Waals surface area contributed by atoms with E-state index >= 15 is 0 Å². The normalized spacial score (nSPS) is 10.4. The number of para-hydroxylation sites is 1. The second-order valence-electron chi connectivity index (χ2n) is 7.96. The highest BCUT2D eigenvalue weighted by Gasteiger charge is 2.15. The number of rotatable bonds is 11. The summed E-state index contributed by atoms with van der Waals surface area (Å²) in [7, 11) is 1.45. The molecule has 0 fully saturated rings. The quantitative estimate of drug-likeness (QED) is 0.130. The SMILES string of the molecule is C=CCOc1ccc(NC(=O)C(=O)N/N=C\c2cc(Br)c(OCC(=O)Nc3ccccc3C)c(OC)c2)cc1. The number of ether oxygens (including phenoxy) is 3. The summed E-state index contributed by atoms with van der Waals surface area (Å²) in [6, 6.07) is 17.2. The minimum Gasteiger partial charge on any atom is -0.493 e. The van der Waals surface area contributed by atoms with E-state index in [1.165, 1.54) is 13.3 Å². The maximum Gasteiger partial charge on any atom is 0.329 e. The first-order valence-electron chi connectivity index (χ1n) is 11.6. The molecule has 0 aliphatic rings. The molecule has 3 N–H and O–H groups in total. The number of halogens is 1. The van der Waals surface area contributed by atoms with Gasteiger partial charge in [-0.15, -0.1) is 0 Å². The largest absolute Gasteiger partial charge is 0.493 e. The molecule has 3 aromatic carbocycles. The lowest BCUT2D eigenvalue weighted by Crippen LogP contribution is -2.32. The van der Waals surface area contributed by atoms with Crippen LogP contribution in [0.15, 0.2) is 82.9 Å². The van der Waals surface area contributed by atoms with Gasteiger partial charge in [0.25, 0.3) is 5.91 Å². The van der Waals surface area contributed by atoms with Crippen molar-refractivity contribution >= 4 is 51.2 Å². The van der Waals surface area contributed by atoms with Crippen molar-refractivity contribution in [3.8, 4) is 17.2 Å². The van der Waals surface area contributed by atoms with Crippen LogP contribution in [-0.2, 0) is 14.4 Å². The fourth-order valence-corrected chi connectivity index (χ4v) is 3.76. The lowest BCUT2D eigenvalue weighted by atomic mass is 10.2. The summed E-state index contributed by atoms with van der Waals surface area (Å²) < 4.78 is 16.9. The summed E-state index contributed by atoms with van der Waals surface area (Å²) in [4.78, 5) is 36.6. The summed E-state index contributed by atoms with van der Waals surface area (Å²) in [5, 5.41) is 9.10. The molecule has 0 spiro atoms. The van der Waals surface area contributed by atoms with Crippen LogP contribution in [0, 0.1) is 6.92 Å². The van der Waals surface area contributed by atoms with Crippen LogP contribution in [0.4, 0.5) is 11.4 Å². The molecule has 3 aromatic rings. The van der Waals surface area contributed by atoms with Crippen LogP contribution in [-0.4, -0.2) is 44.3 Å². The van der Waals surface area contributed by atoms with Gasteiger partial charge in [-0.05, 0) is 76.4 Å². The Morgan fingerprint density at radius 2 is 1.74 bits per heavy atom. The first-order valence-corrected chi connectivity index (χ1v) is 12.4. The number of hydrogen-bond donors (Lipinski definition) is 3. The topological polar surface area (TPSA) is 127 Å². The highest BCUT2D eigenvalue weighted by atomic mass is 79.9. The fourth-order valence-electron chi connectivity index (χ4n) is 3.19. The number of hydrazone groups is 1. The van der Waals surface area contributed by atoms with Gasteiger partial charge in [0, 0.05) is 11.4 Å². The predicted octanol–water partition coefficient (Wildman–Crippen LogP) is 4.44. The summed E-state index contributed by atoms with van der Waals surface area (Å²) in [5.41, 5.74) is 4.76. The zero-order valence-corrected chi connectivity index (χ0v) is 22.9. The number of carbonyl (C=O) groups excluding carboxylic acids is 3. The van der Waals surface area contributed by atoms with Crippen molar-refractivity contribution in [2.24, 2.45) is 5.10 Å². The molecule has 39 heavy (non-hydrogen) atoms. The van der Waals surface area contributed by atoms with Crippen molar-refractivity contribution in [1.82, 2.24) is 5.43 Å². The third-order valence-corrected chi connectivity index (χ3v) is 5.67. The first-order chi connectivity index (χ1) is 18.8. The van der Waals surface area contributed by atoms with Crippen LogP contribution < -0.4 is 30.3 Å². The van der Waals surface area contributed by atoms with Gasteiger partial charge in [-0.3, -0.25) is 14.4 Å². The number of aryl methyl sites for hydroxylation is 1. The molecule has 0 unspecified atom stereocenters. The summed E-state index contributed by atoms with van der Waals surface area (Å²) in [6.07, 6.45) is 2.95. The van der Waals surface area contributed by atoms with Crippen LogP contribution in [0.5, 0.6) is 17.2 Å². The van der Waals surface area contributed by atoms with Gasteiger partial charge < -0.3 is 24.8 Å². The smallest absolute Gasteiger partial charge is 0.329 e. The van der Waals surface area contributed by atoms with Crippen molar-refractivity contribution in [3.63, 3.8) is 0 Å². The molecular weight excluding hydrogens is 568 g/mol. The maximum atomic E-state index is 12.3. The molecule has 10 nitrogen and oxygen atoms in total. The number of hydrogen-bond acceptors (Lipinski definition) is 7. The minimum absolute atomic E-state index is 0.244. The Morgan fingerprint density at radius 3 is 2.44 bits per heavy atom. The van der Waals surface area contributed by atoms with E-state index in [-0.39, 0.29) is 12.5 Å². The molecule has 3 rings (SSSR count). The van der Waals surface area contributed by atoms with E-state index in [0.717, 1.165) is 5.56 Å². The zero-order chi connectivity index (χ0) is 28.2. The molecule has 11 heteroatoms. The number of nitrogens with one attached hydrogen (secondary N) is 3. The average molecular weight is 595 g/mol. The number of carbonyl (C=O) groups is 3. The monoisotopic (exact) mass is 594 g/mol. The number of methoxy groups -OCH3 is 1. The Kier molecular flexibility index (Phi) is 10.6. The molecule has 0 atom stereocenters. The molecule has 0 saturated carbocycles. The van der Waals surface area contributed by atoms with Crippen LogP contribution in [0.3, 0.4) is 0 Å². The van der Waals surface area contributed by atoms with E-state index in [4.69, 9.17) is 14.2 Å².